The molecule has 1 saturated heterocycles. The van der Waals surface area contributed by atoms with Crippen molar-refractivity contribution in [1.82, 2.24) is 9.80 Å². The van der Waals surface area contributed by atoms with E-state index in [1.807, 2.05) is 4.90 Å². The van der Waals surface area contributed by atoms with E-state index >= 15 is 0 Å². The molecule has 2 atom stereocenters. The quantitative estimate of drug-likeness (QED) is 0.802. The van der Waals surface area contributed by atoms with Crippen molar-refractivity contribution in [3.63, 3.8) is 0 Å². The summed E-state index contributed by atoms with van der Waals surface area (Å²) in [5.41, 5.74) is 6.82. The van der Waals surface area contributed by atoms with Gasteiger partial charge in [-0.25, -0.2) is 0 Å². The maximum atomic E-state index is 12.5. The predicted octanol–water partition coefficient (Wildman–Crippen LogP) is 2.09. The summed E-state index contributed by atoms with van der Waals surface area (Å²) < 4.78 is 0. The van der Waals surface area contributed by atoms with Gasteiger partial charge in [0.1, 0.15) is 0 Å². The summed E-state index contributed by atoms with van der Waals surface area (Å²) in [5.74, 6) is 0.000926. The van der Waals surface area contributed by atoms with Crippen molar-refractivity contribution in [2.24, 2.45) is 0 Å². The van der Waals surface area contributed by atoms with Gasteiger partial charge in [-0.1, -0.05) is 11.6 Å². The molecule has 1 aromatic carbocycles. The van der Waals surface area contributed by atoms with Crippen molar-refractivity contribution < 1.29 is 4.79 Å². The number of nitrogen functional groups attached to an aromatic ring is 1. The predicted molar refractivity (Wildman–Crippen MR) is 78.5 cm³/mol. The summed E-state index contributed by atoms with van der Waals surface area (Å²) in [5, 5.41) is 0.499. The average Bonchev–Trinajstić information content (AvgIpc) is 2.33. The Hall–Kier alpha value is -1.26. The van der Waals surface area contributed by atoms with Gasteiger partial charge in [0.2, 0.25) is 0 Å². The minimum atomic E-state index is 0.000926. The highest BCUT2D eigenvalue weighted by Gasteiger charge is 2.29. The van der Waals surface area contributed by atoms with Crippen LogP contribution in [0.2, 0.25) is 5.02 Å². The fraction of sp³-hybridized carbons (Fsp3) is 0.500. The molecule has 19 heavy (non-hydrogen) atoms. The van der Waals surface area contributed by atoms with E-state index in [9.17, 15) is 4.79 Å². The molecule has 4 nitrogen and oxygen atoms in total. The molecule has 0 spiro atoms. The van der Waals surface area contributed by atoms with Gasteiger partial charge in [0.25, 0.3) is 5.91 Å². The lowest BCUT2D eigenvalue weighted by molar-refractivity contribution is 0.0414. The summed E-state index contributed by atoms with van der Waals surface area (Å²) in [6.07, 6.45) is 0. The third-order valence-corrected chi connectivity index (χ3v) is 4.03. The molecule has 0 bridgehead atoms. The van der Waals surface area contributed by atoms with E-state index in [1.165, 1.54) is 0 Å². The number of anilines is 1. The Bertz CT molecular complexity index is 459. The van der Waals surface area contributed by atoms with Crippen LogP contribution in [0.4, 0.5) is 5.69 Å². The van der Waals surface area contributed by atoms with Gasteiger partial charge in [-0.15, -0.1) is 0 Å². The maximum Gasteiger partial charge on any atom is 0.254 e. The third-order valence-electron chi connectivity index (χ3n) is 3.81. The highest BCUT2D eigenvalue weighted by molar-refractivity contribution is 6.31. The number of nitrogens with two attached hydrogens (primary N) is 1. The molecule has 1 aliphatic heterocycles. The van der Waals surface area contributed by atoms with Gasteiger partial charge in [-0.05, 0) is 39.1 Å². The Kier molecular flexibility index (Phi) is 4.02. The molecule has 0 aromatic heterocycles. The van der Waals surface area contributed by atoms with Crippen molar-refractivity contribution in [3.05, 3.63) is 28.8 Å². The topological polar surface area (TPSA) is 49.6 Å². The average molecular weight is 282 g/mol. The smallest absolute Gasteiger partial charge is 0.254 e. The summed E-state index contributed by atoms with van der Waals surface area (Å²) in [7, 11) is 2.09. The first-order chi connectivity index (χ1) is 8.88. The van der Waals surface area contributed by atoms with Crippen LogP contribution in [0.5, 0.6) is 0 Å². The second-order valence-electron chi connectivity index (χ2n) is 5.35. The number of likely N-dealkylation sites (N-methyl/N-ethyl adjacent to an activating group) is 1. The summed E-state index contributed by atoms with van der Waals surface area (Å²) in [6, 6.07) is 5.71. The minimum absolute atomic E-state index is 0.000926. The van der Waals surface area contributed by atoms with E-state index in [0.717, 1.165) is 13.1 Å². The summed E-state index contributed by atoms with van der Waals surface area (Å²) in [6.45, 7) is 5.71. The molecule has 2 N–H and O–H groups in total. The normalized spacial score (nSPS) is 24.5. The van der Waals surface area contributed by atoms with E-state index in [4.69, 9.17) is 17.3 Å². The first-order valence-electron chi connectivity index (χ1n) is 6.45. The van der Waals surface area contributed by atoms with E-state index in [0.29, 0.717) is 28.4 Å². The Morgan fingerprint density at radius 2 is 1.84 bits per heavy atom. The molecule has 2 rings (SSSR count). The Balaban J connectivity index is 2.20. The van der Waals surface area contributed by atoms with Crippen LogP contribution in [-0.2, 0) is 0 Å². The van der Waals surface area contributed by atoms with E-state index < -0.39 is 0 Å². The number of halogens is 1. The number of carbonyl (C=O) groups excluding carboxylic acids is 1. The Morgan fingerprint density at radius 3 is 2.37 bits per heavy atom. The highest BCUT2D eigenvalue weighted by atomic mass is 35.5. The van der Waals surface area contributed by atoms with Crippen LogP contribution in [0, 0.1) is 0 Å². The molecule has 1 heterocycles. The van der Waals surface area contributed by atoms with Crippen molar-refractivity contribution in [1.29, 1.82) is 0 Å². The van der Waals surface area contributed by atoms with Gasteiger partial charge < -0.3 is 10.6 Å². The van der Waals surface area contributed by atoms with Gasteiger partial charge in [0.05, 0.1) is 0 Å². The van der Waals surface area contributed by atoms with Crippen molar-refractivity contribution in [3.8, 4) is 0 Å². The van der Waals surface area contributed by atoms with Crippen LogP contribution in [0.1, 0.15) is 24.2 Å². The van der Waals surface area contributed by atoms with Crippen LogP contribution in [0.15, 0.2) is 18.2 Å². The first kappa shape index (κ1) is 14.2. The van der Waals surface area contributed by atoms with Crippen LogP contribution in [0.3, 0.4) is 0 Å². The van der Waals surface area contributed by atoms with Crippen LogP contribution in [0.25, 0.3) is 0 Å². The number of carbonyl (C=O) groups is 1. The van der Waals surface area contributed by atoms with Crippen molar-refractivity contribution >= 4 is 23.2 Å². The second kappa shape index (κ2) is 5.39. The zero-order valence-corrected chi connectivity index (χ0v) is 12.3. The number of rotatable bonds is 1. The standard InChI is InChI=1S/C14H20ClN3O/c1-9-7-18(8-10(2)17(9)3)14(19)11-4-12(15)6-13(16)5-11/h4-6,9-10H,7-8,16H2,1-3H3. The molecule has 1 amide bonds. The molecular weight excluding hydrogens is 262 g/mol. The molecule has 1 fully saturated rings. The molecule has 0 radical (unpaired) electrons. The number of hydrogen-bond donors (Lipinski definition) is 1. The summed E-state index contributed by atoms with van der Waals surface area (Å²) in [4.78, 5) is 16.7. The Morgan fingerprint density at radius 1 is 1.26 bits per heavy atom. The minimum Gasteiger partial charge on any atom is -0.399 e. The molecular formula is C14H20ClN3O. The summed E-state index contributed by atoms with van der Waals surface area (Å²) >= 11 is 5.95. The van der Waals surface area contributed by atoms with Gasteiger partial charge in [0, 0.05) is 41.4 Å². The zero-order chi connectivity index (χ0) is 14.2. The monoisotopic (exact) mass is 281 g/mol. The van der Waals surface area contributed by atoms with Gasteiger partial charge in [0.15, 0.2) is 0 Å². The van der Waals surface area contributed by atoms with E-state index in [2.05, 4.69) is 25.8 Å². The lowest BCUT2D eigenvalue weighted by atomic mass is 10.1. The first-order valence-corrected chi connectivity index (χ1v) is 6.83. The molecule has 5 heteroatoms. The number of nitrogens with zero attached hydrogens (tertiary/aromatic N) is 2. The molecule has 1 aromatic rings. The van der Waals surface area contributed by atoms with Crippen molar-refractivity contribution in [2.75, 3.05) is 25.9 Å². The largest absolute Gasteiger partial charge is 0.399 e. The molecule has 2 unspecified atom stereocenters. The molecule has 0 saturated carbocycles. The number of piperazine rings is 1. The van der Waals surface area contributed by atoms with Gasteiger partial charge in [-0.2, -0.15) is 0 Å². The van der Waals surface area contributed by atoms with Gasteiger partial charge >= 0.3 is 0 Å². The number of benzene rings is 1. The zero-order valence-electron chi connectivity index (χ0n) is 11.6. The highest BCUT2D eigenvalue weighted by Crippen LogP contribution is 2.20. The van der Waals surface area contributed by atoms with Crippen LogP contribution < -0.4 is 5.73 Å². The molecule has 0 aliphatic carbocycles. The number of amides is 1. The fourth-order valence-corrected chi connectivity index (χ4v) is 2.73. The third kappa shape index (κ3) is 3.01. The van der Waals surface area contributed by atoms with Gasteiger partial charge in [-0.3, -0.25) is 9.69 Å². The van der Waals surface area contributed by atoms with E-state index in [-0.39, 0.29) is 5.91 Å². The van der Waals surface area contributed by atoms with Crippen molar-refractivity contribution in [2.45, 2.75) is 25.9 Å². The maximum absolute atomic E-state index is 12.5. The van der Waals surface area contributed by atoms with E-state index in [1.54, 1.807) is 18.2 Å². The Labute approximate surface area is 119 Å². The lowest BCUT2D eigenvalue weighted by Gasteiger charge is -2.42. The lowest BCUT2D eigenvalue weighted by Crippen LogP contribution is -2.56. The van der Waals surface area contributed by atoms with Crippen LogP contribution >= 0.6 is 11.6 Å². The molecule has 104 valence electrons. The molecule has 1 aliphatic rings. The fourth-order valence-electron chi connectivity index (χ4n) is 2.49. The SMILES string of the molecule is CC1CN(C(=O)c2cc(N)cc(Cl)c2)CC(C)N1C. The van der Waals surface area contributed by atoms with Crippen LogP contribution in [-0.4, -0.2) is 47.9 Å². The number of hydrogen-bond acceptors (Lipinski definition) is 3. The second-order valence-corrected chi connectivity index (χ2v) is 5.78.